The summed E-state index contributed by atoms with van der Waals surface area (Å²) in [4.78, 5) is 0. The fourth-order valence-electron chi connectivity index (χ4n) is 2.06. The van der Waals surface area contributed by atoms with E-state index in [2.05, 4.69) is 5.43 Å². The second-order valence-corrected chi connectivity index (χ2v) is 4.79. The number of nitrogens with one attached hydrogen (secondary N) is 1. The molecule has 1 unspecified atom stereocenters. The fourth-order valence-corrected chi connectivity index (χ4v) is 2.26. The molecule has 20 heavy (non-hydrogen) atoms. The number of nitrogens with two attached hydrogens (primary N) is 1. The van der Waals surface area contributed by atoms with Crippen LogP contribution in [-0.2, 0) is 6.42 Å². The highest BCUT2D eigenvalue weighted by Gasteiger charge is 2.14. The summed E-state index contributed by atoms with van der Waals surface area (Å²) in [5, 5.41) is 0.135. The molecule has 1 atom stereocenters. The van der Waals surface area contributed by atoms with E-state index in [0.29, 0.717) is 12.0 Å². The van der Waals surface area contributed by atoms with Gasteiger partial charge in [-0.2, -0.15) is 0 Å². The summed E-state index contributed by atoms with van der Waals surface area (Å²) in [6.45, 7) is 0. The Morgan fingerprint density at radius 2 is 2.05 bits per heavy atom. The molecule has 0 aliphatic heterocycles. The number of hydrogen-bond acceptors (Lipinski definition) is 3. The van der Waals surface area contributed by atoms with Crippen molar-refractivity contribution < 1.29 is 9.13 Å². The smallest absolute Gasteiger partial charge is 0.142 e. The summed E-state index contributed by atoms with van der Waals surface area (Å²) in [6, 6.07) is 12.1. The van der Waals surface area contributed by atoms with Gasteiger partial charge in [0.15, 0.2) is 0 Å². The molecule has 0 spiro atoms. The minimum Gasteiger partial charge on any atom is -0.497 e. The standard InChI is InChI=1S/C15H16ClFN2O/c1-20-12-6-2-4-10(8-12)14(19-18)9-11-5-3-7-13(17)15(11)16/h2-8,14,19H,9,18H2,1H3. The molecule has 0 aliphatic rings. The van der Waals surface area contributed by atoms with Gasteiger partial charge in [-0.05, 0) is 35.7 Å². The number of rotatable bonds is 5. The number of ether oxygens (including phenoxy) is 1. The molecule has 0 heterocycles. The van der Waals surface area contributed by atoms with E-state index in [1.165, 1.54) is 6.07 Å². The van der Waals surface area contributed by atoms with E-state index in [0.717, 1.165) is 11.3 Å². The summed E-state index contributed by atoms with van der Waals surface area (Å²) in [6.07, 6.45) is 0.486. The van der Waals surface area contributed by atoms with E-state index < -0.39 is 5.82 Å². The molecule has 0 aliphatic carbocycles. The summed E-state index contributed by atoms with van der Waals surface area (Å²) in [5.74, 6) is 5.92. The molecule has 2 aromatic carbocycles. The van der Waals surface area contributed by atoms with Crippen LogP contribution in [0.15, 0.2) is 42.5 Å². The zero-order chi connectivity index (χ0) is 14.5. The van der Waals surface area contributed by atoms with Crippen molar-refractivity contribution in [3.63, 3.8) is 0 Å². The second kappa shape index (κ2) is 6.70. The van der Waals surface area contributed by atoms with Crippen LogP contribution in [0.4, 0.5) is 4.39 Å². The van der Waals surface area contributed by atoms with Gasteiger partial charge in [0, 0.05) is 0 Å². The van der Waals surface area contributed by atoms with Crippen LogP contribution in [0.25, 0.3) is 0 Å². The Morgan fingerprint density at radius 1 is 1.30 bits per heavy atom. The van der Waals surface area contributed by atoms with Crippen LogP contribution in [0.1, 0.15) is 17.2 Å². The Bertz CT molecular complexity index is 592. The molecule has 0 aromatic heterocycles. The maximum atomic E-state index is 13.5. The Morgan fingerprint density at radius 3 is 2.75 bits per heavy atom. The quantitative estimate of drug-likeness (QED) is 0.657. The van der Waals surface area contributed by atoms with Gasteiger partial charge in [-0.3, -0.25) is 11.3 Å². The lowest BCUT2D eigenvalue weighted by molar-refractivity contribution is 0.413. The Kier molecular flexibility index (Phi) is 4.95. The molecule has 0 radical (unpaired) electrons. The van der Waals surface area contributed by atoms with Crippen molar-refractivity contribution in [1.29, 1.82) is 0 Å². The van der Waals surface area contributed by atoms with Gasteiger partial charge in [0.2, 0.25) is 0 Å². The average molecular weight is 295 g/mol. The predicted molar refractivity (Wildman–Crippen MR) is 78.2 cm³/mol. The van der Waals surface area contributed by atoms with Crippen LogP contribution in [0.5, 0.6) is 5.75 Å². The third kappa shape index (κ3) is 3.28. The molecule has 0 saturated carbocycles. The first kappa shape index (κ1) is 14.8. The monoisotopic (exact) mass is 294 g/mol. The SMILES string of the molecule is COc1cccc(C(Cc2cccc(F)c2Cl)NN)c1. The van der Waals surface area contributed by atoms with Gasteiger partial charge in [0.05, 0.1) is 18.2 Å². The lowest BCUT2D eigenvalue weighted by Crippen LogP contribution is -2.29. The lowest BCUT2D eigenvalue weighted by Gasteiger charge is -2.18. The lowest BCUT2D eigenvalue weighted by atomic mass is 9.99. The van der Waals surface area contributed by atoms with Crippen LogP contribution >= 0.6 is 11.6 Å². The number of halogens is 2. The number of hydrogen-bond donors (Lipinski definition) is 2. The normalized spacial score (nSPS) is 12.2. The summed E-state index contributed by atoms with van der Waals surface area (Å²) in [7, 11) is 1.60. The number of benzene rings is 2. The zero-order valence-corrected chi connectivity index (χ0v) is 11.8. The molecule has 0 amide bonds. The van der Waals surface area contributed by atoms with Crippen molar-refractivity contribution in [2.24, 2.45) is 5.84 Å². The molecular weight excluding hydrogens is 279 g/mol. The zero-order valence-electron chi connectivity index (χ0n) is 11.1. The predicted octanol–water partition coefficient (Wildman–Crippen LogP) is 3.23. The molecule has 0 fully saturated rings. The first-order valence-electron chi connectivity index (χ1n) is 6.18. The molecule has 106 valence electrons. The van der Waals surface area contributed by atoms with Crippen molar-refractivity contribution in [3.05, 3.63) is 64.4 Å². The van der Waals surface area contributed by atoms with E-state index in [9.17, 15) is 4.39 Å². The maximum Gasteiger partial charge on any atom is 0.142 e. The van der Waals surface area contributed by atoms with Gasteiger partial charge in [-0.25, -0.2) is 4.39 Å². The van der Waals surface area contributed by atoms with Gasteiger partial charge in [0.1, 0.15) is 11.6 Å². The summed E-state index contributed by atoms with van der Waals surface area (Å²) >= 11 is 5.97. The molecule has 3 nitrogen and oxygen atoms in total. The van der Waals surface area contributed by atoms with Crippen LogP contribution < -0.4 is 16.0 Å². The summed E-state index contributed by atoms with van der Waals surface area (Å²) in [5.41, 5.74) is 4.39. The van der Waals surface area contributed by atoms with Crippen molar-refractivity contribution in [1.82, 2.24) is 5.43 Å². The molecule has 2 aromatic rings. The number of hydrazine groups is 1. The minimum atomic E-state index is -0.425. The summed E-state index contributed by atoms with van der Waals surface area (Å²) < 4.78 is 18.6. The highest BCUT2D eigenvalue weighted by atomic mass is 35.5. The number of methoxy groups -OCH3 is 1. The Hall–Kier alpha value is -1.62. The fraction of sp³-hybridized carbons (Fsp3) is 0.200. The first-order valence-corrected chi connectivity index (χ1v) is 6.56. The largest absolute Gasteiger partial charge is 0.497 e. The molecule has 5 heteroatoms. The van der Waals surface area contributed by atoms with Gasteiger partial charge >= 0.3 is 0 Å². The third-order valence-corrected chi connectivity index (χ3v) is 3.58. The second-order valence-electron chi connectivity index (χ2n) is 4.41. The highest BCUT2D eigenvalue weighted by molar-refractivity contribution is 6.31. The van der Waals surface area contributed by atoms with E-state index in [1.54, 1.807) is 19.2 Å². The van der Waals surface area contributed by atoms with Crippen molar-refractivity contribution in [3.8, 4) is 5.75 Å². The highest BCUT2D eigenvalue weighted by Crippen LogP contribution is 2.26. The van der Waals surface area contributed by atoms with Crippen LogP contribution in [0, 0.1) is 5.82 Å². The molecular formula is C15H16ClFN2O. The van der Waals surface area contributed by atoms with Gasteiger partial charge in [-0.1, -0.05) is 35.9 Å². The Balaban J connectivity index is 2.26. The third-order valence-electron chi connectivity index (χ3n) is 3.15. The Labute approximate surface area is 122 Å². The van der Waals surface area contributed by atoms with Crippen LogP contribution in [-0.4, -0.2) is 7.11 Å². The van der Waals surface area contributed by atoms with Gasteiger partial charge < -0.3 is 4.74 Å². The van der Waals surface area contributed by atoms with E-state index in [1.807, 2.05) is 24.3 Å². The van der Waals surface area contributed by atoms with Gasteiger partial charge in [-0.15, -0.1) is 0 Å². The average Bonchev–Trinajstić information content (AvgIpc) is 2.49. The van der Waals surface area contributed by atoms with E-state index in [4.69, 9.17) is 22.2 Å². The maximum absolute atomic E-state index is 13.5. The van der Waals surface area contributed by atoms with Crippen LogP contribution in [0.3, 0.4) is 0 Å². The van der Waals surface area contributed by atoms with Crippen molar-refractivity contribution in [2.45, 2.75) is 12.5 Å². The molecule has 0 bridgehead atoms. The molecule has 2 rings (SSSR count). The van der Waals surface area contributed by atoms with E-state index in [-0.39, 0.29) is 11.1 Å². The minimum absolute atomic E-state index is 0.135. The van der Waals surface area contributed by atoms with Crippen LogP contribution in [0.2, 0.25) is 5.02 Å². The van der Waals surface area contributed by atoms with Crippen molar-refractivity contribution >= 4 is 11.6 Å². The molecule has 3 N–H and O–H groups in total. The first-order chi connectivity index (χ1) is 9.65. The molecule has 0 saturated heterocycles. The van der Waals surface area contributed by atoms with Gasteiger partial charge in [0.25, 0.3) is 0 Å². The van der Waals surface area contributed by atoms with Crippen molar-refractivity contribution in [2.75, 3.05) is 7.11 Å². The van der Waals surface area contributed by atoms with E-state index >= 15 is 0 Å². The topological polar surface area (TPSA) is 47.3 Å².